The molecule has 138 valence electrons. The summed E-state index contributed by atoms with van der Waals surface area (Å²) in [6.45, 7) is 3.85. The second kappa shape index (κ2) is 6.25. The summed E-state index contributed by atoms with van der Waals surface area (Å²) in [4.78, 5) is 22.1. The zero-order chi connectivity index (χ0) is 18.4. The van der Waals surface area contributed by atoms with Crippen LogP contribution in [-0.4, -0.2) is 33.5 Å². The van der Waals surface area contributed by atoms with Crippen LogP contribution in [0, 0.1) is 6.92 Å². The Morgan fingerprint density at radius 1 is 1.15 bits per heavy atom. The average molecular weight is 363 g/mol. The minimum absolute atomic E-state index is 0.0167. The number of benzene rings is 1. The van der Waals surface area contributed by atoms with E-state index in [0.717, 1.165) is 34.5 Å². The highest BCUT2D eigenvalue weighted by Crippen LogP contribution is 2.32. The molecule has 0 radical (unpaired) electrons. The Hall–Kier alpha value is -2.57. The maximum absolute atomic E-state index is 13.1. The van der Waals surface area contributed by atoms with Crippen LogP contribution in [0.25, 0.3) is 22.0 Å². The minimum atomic E-state index is -0.550. The summed E-state index contributed by atoms with van der Waals surface area (Å²) in [7, 11) is 0. The highest BCUT2D eigenvalue weighted by Gasteiger charge is 2.38. The molecule has 1 saturated heterocycles. The average Bonchev–Trinajstić information content (AvgIpc) is 3.07. The van der Waals surface area contributed by atoms with Gasteiger partial charge in [0, 0.05) is 38.2 Å². The van der Waals surface area contributed by atoms with Crippen LogP contribution >= 0.6 is 0 Å². The zero-order valence-corrected chi connectivity index (χ0v) is 15.3. The van der Waals surface area contributed by atoms with Gasteiger partial charge in [0.15, 0.2) is 5.79 Å². The lowest BCUT2D eigenvalue weighted by atomic mass is 10.0. The summed E-state index contributed by atoms with van der Waals surface area (Å²) in [6, 6.07) is 7.87. The van der Waals surface area contributed by atoms with Crippen molar-refractivity contribution in [1.82, 2.24) is 14.5 Å². The predicted molar refractivity (Wildman–Crippen MR) is 102 cm³/mol. The molecule has 1 aromatic carbocycles. The molecule has 1 spiro atoms. The Balaban J connectivity index is 1.60. The molecular formula is C21H21N3O3. The number of ether oxygens (including phenoxy) is 2. The normalized spacial score (nSPS) is 18.6. The molecular weight excluding hydrogens is 342 g/mol. The molecule has 2 aromatic heterocycles. The van der Waals surface area contributed by atoms with Crippen LogP contribution in [0.1, 0.15) is 24.2 Å². The van der Waals surface area contributed by atoms with Crippen molar-refractivity contribution in [2.45, 2.75) is 38.5 Å². The smallest absolute Gasteiger partial charge is 0.261 e. The number of hydrogen-bond donors (Lipinski definition) is 0. The van der Waals surface area contributed by atoms with Gasteiger partial charge < -0.3 is 9.47 Å². The third-order valence-corrected chi connectivity index (χ3v) is 5.63. The van der Waals surface area contributed by atoms with E-state index in [0.29, 0.717) is 38.0 Å². The maximum atomic E-state index is 13.1. The van der Waals surface area contributed by atoms with Gasteiger partial charge in [-0.15, -0.1) is 0 Å². The van der Waals surface area contributed by atoms with Crippen molar-refractivity contribution in [3.63, 3.8) is 0 Å². The van der Waals surface area contributed by atoms with Gasteiger partial charge in [-0.05, 0) is 41.8 Å². The van der Waals surface area contributed by atoms with E-state index in [4.69, 9.17) is 14.5 Å². The quantitative estimate of drug-likeness (QED) is 0.665. The molecule has 6 nitrogen and oxygen atoms in total. The number of rotatable bonds is 1. The first-order valence-corrected chi connectivity index (χ1v) is 9.38. The van der Waals surface area contributed by atoms with E-state index in [2.05, 4.69) is 4.98 Å². The van der Waals surface area contributed by atoms with Crippen LogP contribution < -0.4 is 5.56 Å². The van der Waals surface area contributed by atoms with Crippen molar-refractivity contribution in [1.29, 1.82) is 0 Å². The highest BCUT2D eigenvalue weighted by molar-refractivity contribution is 5.84. The van der Waals surface area contributed by atoms with Crippen molar-refractivity contribution in [2.75, 3.05) is 13.2 Å². The number of hydrogen-bond acceptors (Lipinski definition) is 5. The van der Waals surface area contributed by atoms with Crippen LogP contribution in [0.3, 0.4) is 0 Å². The first-order chi connectivity index (χ1) is 13.2. The third-order valence-electron chi connectivity index (χ3n) is 5.63. The predicted octanol–water partition coefficient (Wildman–Crippen LogP) is 2.85. The van der Waals surface area contributed by atoms with Crippen LogP contribution in [-0.2, 0) is 22.4 Å². The van der Waals surface area contributed by atoms with Crippen molar-refractivity contribution >= 4 is 10.9 Å². The van der Waals surface area contributed by atoms with E-state index in [9.17, 15) is 4.79 Å². The van der Waals surface area contributed by atoms with E-state index in [1.165, 1.54) is 0 Å². The summed E-state index contributed by atoms with van der Waals surface area (Å²) in [5.41, 5.74) is 4.01. The standard InChI is InChI=1S/C21H21N3O3/c1-14-13-22-8-5-16(14)15-2-3-17-18(12-15)23-19-4-6-21(26-10-11-27-21)7-9-24(19)20(17)25/h2-3,5,8,12-13H,4,6-7,9-11H2,1H3. The molecule has 0 aliphatic carbocycles. The van der Waals surface area contributed by atoms with Gasteiger partial charge >= 0.3 is 0 Å². The lowest BCUT2D eigenvalue weighted by Gasteiger charge is -2.24. The highest BCUT2D eigenvalue weighted by atomic mass is 16.7. The van der Waals surface area contributed by atoms with E-state index >= 15 is 0 Å². The molecule has 4 heterocycles. The molecule has 2 aliphatic heterocycles. The summed E-state index contributed by atoms with van der Waals surface area (Å²) in [5.74, 6) is 0.262. The van der Waals surface area contributed by atoms with Gasteiger partial charge in [-0.1, -0.05) is 6.07 Å². The van der Waals surface area contributed by atoms with E-state index in [-0.39, 0.29) is 5.56 Å². The van der Waals surface area contributed by atoms with Crippen molar-refractivity contribution < 1.29 is 9.47 Å². The molecule has 0 amide bonds. The fourth-order valence-electron chi connectivity index (χ4n) is 4.15. The number of fused-ring (bicyclic) bond motifs is 2. The van der Waals surface area contributed by atoms with Crippen LogP contribution in [0.4, 0.5) is 0 Å². The van der Waals surface area contributed by atoms with E-state index in [1.54, 1.807) is 10.8 Å². The minimum Gasteiger partial charge on any atom is -0.347 e. The zero-order valence-electron chi connectivity index (χ0n) is 15.3. The monoisotopic (exact) mass is 363 g/mol. The van der Waals surface area contributed by atoms with Gasteiger partial charge in [-0.2, -0.15) is 0 Å². The SMILES string of the molecule is Cc1cnccc1-c1ccc2c(=O)n3c(nc2c1)CCC1(CC3)OCCO1. The van der Waals surface area contributed by atoms with Gasteiger partial charge in [-0.3, -0.25) is 14.3 Å². The second-order valence-electron chi connectivity index (χ2n) is 7.26. The Bertz CT molecular complexity index is 1080. The first kappa shape index (κ1) is 16.6. The largest absolute Gasteiger partial charge is 0.347 e. The third kappa shape index (κ3) is 2.76. The second-order valence-corrected chi connectivity index (χ2v) is 7.26. The first-order valence-electron chi connectivity index (χ1n) is 9.38. The number of aromatic nitrogens is 3. The molecule has 3 aromatic rings. The summed E-state index contributed by atoms with van der Waals surface area (Å²) in [6.07, 6.45) is 5.71. The molecule has 5 rings (SSSR count). The van der Waals surface area contributed by atoms with Gasteiger partial charge in [0.05, 0.1) is 24.1 Å². The number of pyridine rings is 1. The Morgan fingerprint density at radius 2 is 2.00 bits per heavy atom. The molecule has 2 aliphatic rings. The lowest BCUT2D eigenvalue weighted by Crippen LogP contribution is -2.31. The maximum Gasteiger partial charge on any atom is 0.261 e. The Kier molecular flexibility index (Phi) is 3.84. The molecule has 1 fully saturated rings. The Morgan fingerprint density at radius 3 is 2.81 bits per heavy atom. The van der Waals surface area contributed by atoms with Crippen LogP contribution in [0.15, 0.2) is 41.5 Å². The summed E-state index contributed by atoms with van der Waals surface area (Å²) in [5, 5.41) is 0.651. The topological polar surface area (TPSA) is 66.2 Å². The fraction of sp³-hybridized carbons (Fsp3) is 0.381. The van der Waals surface area contributed by atoms with Crippen molar-refractivity contribution in [2.24, 2.45) is 0 Å². The van der Waals surface area contributed by atoms with Gasteiger partial charge in [-0.25, -0.2) is 4.98 Å². The van der Waals surface area contributed by atoms with Gasteiger partial charge in [0.1, 0.15) is 5.82 Å². The molecule has 27 heavy (non-hydrogen) atoms. The summed E-state index contributed by atoms with van der Waals surface area (Å²) >= 11 is 0. The van der Waals surface area contributed by atoms with E-state index in [1.807, 2.05) is 37.4 Å². The molecule has 0 saturated carbocycles. The van der Waals surface area contributed by atoms with Crippen LogP contribution in [0.2, 0.25) is 0 Å². The van der Waals surface area contributed by atoms with E-state index < -0.39 is 5.79 Å². The fourth-order valence-corrected chi connectivity index (χ4v) is 4.15. The molecule has 0 unspecified atom stereocenters. The number of nitrogens with zero attached hydrogens (tertiary/aromatic N) is 3. The van der Waals surface area contributed by atoms with Crippen molar-refractivity contribution in [3.8, 4) is 11.1 Å². The number of aryl methyl sites for hydroxylation is 2. The molecule has 0 atom stereocenters. The summed E-state index contributed by atoms with van der Waals surface area (Å²) < 4.78 is 13.5. The molecule has 6 heteroatoms. The molecule has 0 N–H and O–H groups in total. The van der Waals surface area contributed by atoms with Gasteiger partial charge in [0.2, 0.25) is 0 Å². The Labute approximate surface area is 156 Å². The van der Waals surface area contributed by atoms with Crippen LogP contribution in [0.5, 0.6) is 0 Å². The van der Waals surface area contributed by atoms with Crippen molar-refractivity contribution in [3.05, 3.63) is 58.4 Å². The van der Waals surface area contributed by atoms with Gasteiger partial charge in [0.25, 0.3) is 5.56 Å². The molecule has 0 bridgehead atoms. The lowest BCUT2D eigenvalue weighted by molar-refractivity contribution is -0.165.